The molecule has 0 amide bonds. The van der Waals surface area contributed by atoms with Crippen LogP contribution in [0.15, 0.2) is 21.3 Å². The summed E-state index contributed by atoms with van der Waals surface area (Å²) in [6.45, 7) is 1.48. The highest BCUT2D eigenvalue weighted by atomic mass is 16.5. The van der Waals surface area contributed by atoms with E-state index >= 15 is 0 Å². The third-order valence-corrected chi connectivity index (χ3v) is 5.26. The van der Waals surface area contributed by atoms with Crippen molar-refractivity contribution in [2.45, 2.75) is 51.1 Å². The van der Waals surface area contributed by atoms with E-state index in [4.69, 9.17) is 9.15 Å². The van der Waals surface area contributed by atoms with E-state index in [0.29, 0.717) is 12.8 Å². The lowest BCUT2D eigenvalue weighted by Crippen LogP contribution is -2.34. The molecular weight excluding hydrogens is 278 g/mol. The molecule has 0 bridgehead atoms. The molecule has 1 aromatic carbocycles. The molecule has 0 N–H and O–H groups in total. The van der Waals surface area contributed by atoms with E-state index < -0.39 is 0 Å². The Hall–Kier alpha value is -1.81. The second-order valence-corrected chi connectivity index (χ2v) is 6.72. The number of rotatable bonds is 1. The second-order valence-electron chi connectivity index (χ2n) is 6.72. The molecule has 4 heteroatoms. The SMILES string of the molecule is O=c1oc2c3c(ccc2c2c1CCCC2)OCN(C1CC1)C3. The summed E-state index contributed by atoms with van der Waals surface area (Å²) in [5.74, 6) is 0.878. The summed E-state index contributed by atoms with van der Waals surface area (Å²) in [4.78, 5) is 14.7. The van der Waals surface area contributed by atoms with Gasteiger partial charge in [0.05, 0.1) is 5.56 Å². The maximum absolute atomic E-state index is 12.4. The highest BCUT2D eigenvalue weighted by Gasteiger charge is 2.33. The van der Waals surface area contributed by atoms with Gasteiger partial charge in [-0.3, -0.25) is 4.90 Å². The lowest BCUT2D eigenvalue weighted by atomic mass is 9.90. The summed E-state index contributed by atoms with van der Waals surface area (Å²) in [6.07, 6.45) is 6.60. The predicted octanol–water partition coefficient (Wildman–Crippen LogP) is 2.99. The van der Waals surface area contributed by atoms with Gasteiger partial charge in [0.15, 0.2) is 0 Å². The molecule has 0 saturated heterocycles. The maximum atomic E-state index is 12.4. The van der Waals surface area contributed by atoms with Gasteiger partial charge in [-0.15, -0.1) is 0 Å². The lowest BCUT2D eigenvalue weighted by molar-refractivity contribution is 0.0885. The van der Waals surface area contributed by atoms with Gasteiger partial charge >= 0.3 is 5.63 Å². The molecule has 2 aromatic rings. The van der Waals surface area contributed by atoms with Gasteiger partial charge in [0, 0.05) is 23.5 Å². The minimum atomic E-state index is -0.140. The Morgan fingerprint density at radius 3 is 2.68 bits per heavy atom. The van der Waals surface area contributed by atoms with Crippen molar-refractivity contribution in [1.29, 1.82) is 0 Å². The minimum Gasteiger partial charge on any atom is -0.478 e. The van der Waals surface area contributed by atoms with Crippen LogP contribution in [-0.4, -0.2) is 17.7 Å². The molecule has 5 rings (SSSR count). The summed E-state index contributed by atoms with van der Waals surface area (Å²) in [5.41, 5.74) is 3.78. The van der Waals surface area contributed by atoms with Crippen LogP contribution < -0.4 is 10.4 Å². The van der Waals surface area contributed by atoms with Gasteiger partial charge in [0.25, 0.3) is 0 Å². The molecule has 1 aliphatic heterocycles. The van der Waals surface area contributed by atoms with Crippen LogP contribution in [-0.2, 0) is 19.4 Å². The van der Waals surface area contributed by atoms with Crippen LogP contribution >= 0.6 is 0 Å². The van der Waals surface area contributed by atoms with E-state index in [2.05, 4.69) is 17.0 Å². The van der Waals surface area contributed by atoms with E-state index in [1.807, 2.05) is 0 Å². The van der Waals surface area contributed by atoms with Crippen molar-refractivity contribution in [3.05, 3.63) is 39.2 Å². The molecule has 0 unspecified atom stereocenters. The number of aryl methyl sites for hydroxylation is 1. The number of nitrogens with zero attached hydrogens (tertiary/aromatic N) is 1. The van der Waals surface area contributed by atoms with E-state index in [-0.39, 0.29) is 5.63 Å². The fourth-order valence-electron chi connectivity index (χ4n) is 3.91. The standard InChI is InChI=1S/C18H19NO3/c20-18-14-4-2-1-3-12(14)13-7-8-16-15(17(13)22-18)9-19(10-21-16)11-5-6-11/h7-8,11H,1-6,9-10H2. The van der Waals surface area contributed by atoms with E-state index in [9.17, 15) is 4.79 Å². The van der Waals surface area contributed by atoms with Crippen LogP contribution in [0.4, 0.5) is 0 Å². The first-order valence-electron chi connectivity index (χ1n) is 8.28. The highest BCUT2D eigenvalue weighted by molar-refractivity contribution is 5.86. The third kappa shape index (κ3) is 1.83. The number of benzene rings is 1. The number of hydrogen-bond donors (Lipinski definition) is 0. The quantitative estimate of drug-likeness (QED) is 0.759. The van der Waals surface area contributed by atoms with E-state index in [1.54, 1.807) is 0 Å². The average molecular weight is 297 g/mol. The molecule has 0 radical (unpaired) electrons. The van der Waals surface area contributed by atoms with Crippen molar-refractivity contribution >= 4 is 11.0 Å². The van der Waals surface area contributed by atoms with Crippen molar-refractivity contribution in [2.75, 3.05) is 6.73 Å². The molecule has 1 aromatic heterocycles. The van der Waals surface area contributed by atoms with Gasteiger partial charge in [-0.1, -0.05) is 0 Å². The zero-order chi connectivity index (χ0) is 14.7. The van der Waals surface area contributed by atoms with Gasteiger partial charge < -0.3 is 9.15 Å². The Labute approximate surface area is 128 Å². The molecule has 114 valence electrons. The summed E-state index contributed by atoms with van der Waals surface area (Å²) < 4.78 is 11.6. The number of hydrogen-bond acceptors (Lipinski definition) is 4. The van der Waals surface area contributed by atoms with Crippen LogP contribution in [0.3, 0.4) is 0 Å². The van der Waals surface area contributed by atoms with Crippen molar-refractivity contribution in [3.8, 4) is 5.75 Å². The first kappa shape index (κ1) is 12.7. The van der Waals surface area contributed by atoms with Crippen LogP contribution in [0.25, 0.3) is 11.0 Å². The smallest absolute Gasteiger partial charge is 0.339 e. The van der Waals surface area contributed by atoms with Gasteiger partial charge in [-0.05, 0) is 56.2 Å². The number of ether oxygens (including phenoxy) is 1. The third-order valence-electron chi connectivity index (χ3n) is 5.26. The molecule has 1 fully saturated rings. The largest absolute Gasteiger partial charge is 0.478 e. The molecule has 3 aliphatic rings. The zero-order valence-corrected chi connectivity index (χ0v) is 12.6. The molecule has 0 spiro atoms. The lowest BCUT2D eigenvalue weighted by Gasteiger charge is -2.29. The summed E-state index contributed by atoms with van der Waals surface area (Å²) in [5, 5.41) is 1.12. The normalized spacial score (nSPS) is 21.3. The summed E-state index contributed by atoms with van der Waals surface area (Å²) >= 11 is 0. The fraction of sp³-hybridized carbons (Fsp3) is 0.500. The van der Waals surface area contributed by atoms with Crippen molar-refractivity contribution in [3.63, 3.8) is 0 Å². The Bertz CT molecular complexity index is 819. The maximum Gasteiger partial charge on any atom is 0.339 e. The molecule has 1 saturated carbocycles. The van der Waals surface area contributed by atoms with Gasteiger partial charge in [-0.25, -0.2) is 4.79 Å². The number of fused-ring (bicyclic) bond motifs is 5. The molecular formula is C18H19NO3. The van der Waals surface area contributed by atoms with Crippen molar-refractivity contribution in [1.82, 2.24) is 4.90 Å². The zero-order valence-electron chi connectivity index (χ0n) is 12.6. The van der Waals surface area contributed by atoms with Gasteiger partial charge in [-0.2, -0.15) is 0 Å². The Morgan fingerprint density at radius 2 is 1.86 bits per heavy atom. The highest BCUT2D eigenvalue weighted by Crippen LogP contribution is 2.38. The fourth-order valence-corrected chi connectivity index (χ4v) is 3.91. The van der Waals surface area contributed by atoms with Crippen molar-refractivity contribution in [2.24, 2.45) is 0 Å². The van der Waals surface area contributed by atoms with Crippen LogP contribution in [0.5, 0.6) is 5.75 Å². The first-order valence-corrected chi connectivity index (χ1v) is 8.28. The molecule has 0 atom stereocenters. The average Bonchev–Trinajstić information content (AvgIpc) is 3.39. The predicted molar refractivity (Wildman–Crippen MR) is 83.2 cm³/mol. The van der Waals surface area contributed by atoms with Crippen LogP contribution in [0.1, 0.15) is 42.4 Å². The second kappa shape index (κ2) is 4.59. The first-order chi connectivity index (χ1) is 10.8. The van der Waals surface area contributed by atoms with Crippen LogP contribution in [0, 0.1) is 0 Å². The van der Waals surface area contributed by atoms with Crippen LogP contribution in [0.2, 0.25) is 0 Å². The molecule has 4 nitrogen and oxygen atoms in total. The molecule has 2 aliphatic carbocycles. The summed E-state index contributed by atoms with van der Waals surface area (Å²) in [6, 6.07) is 4.78. The minimum absolute atomic E-state index is 0.140. The van der Waals surface area contributed by atoms with E-state index in [0.717, 1.165) is 60.1 Å². The Morgan fingerprint density at radius 1 is 1.05 bits per heavy atom. The molecule has 2 heterocycles. The Kier molecular flexibility index (Phi) is 2.65. The topological polar surface area (TPSA) is 42.7 Å². The van der Waals surface area contributed by atoms with Crippen molar-refractivity contribution < 1.29 is 9.15 Å². The summed E-state index contributed by atoms with van der Waals surface area (Å²) in [7, 11) is 0. The van der Waals surface area contributed by atoms with Gasteiger partial charge in [0.1, 0.15) is 18.1 Å². The van der Waals surface area contributed by atoms with Gasteiger partial charge in [0.2, 0.25) is 0 Å². The van der Waals surface area contributed by atoms with E-state index in [1.165, 1.54) is 18.4 Å². The monoisotopic (exact) mass is 297 g/mol. The molecule has 22 heavy (non-hydrogen) atoms. The Balaban J connectivity index is 1.73.